The Hall–Kier alpha value is -2.75. The Morgan fingerprint density at radius 1 is 0.731 bits per heavy atom. The number of halogens is 3. The molecule has 0 saturated heterocycles. The third kappa shape index (κ3) is 3.90. The SMILES string of the molecule is COc1ccc(CCc2cc(F)c(-c3ccc(C)c(F)c3)c(F)c2)cc1. The molecule has 0 saturated carbocycles. The van der Waals surface area contributed by atoms with Crippen LogP contribution in [0.2, 0.25) is 0 Å². The van der Waals surface area contributed by atoms with Gasteiger partial charge in [-0.05, 0) is 72.4 Å². The minimum absolute atomic E-state index is 0.197. The summed E-state index contributed by atoms with van der Waals surface area (Å²) in [5.74, 6) is -1.08. The summed E-state index contributed by atoms with van der Waals surface area (Å²) in [6.07, 6.45) is 1.16. The summed E-state index contributed by atoms with van der Waals surface area (Å²) in [4.78, 5) is 0. The Morgan fingerprint density at radius 2 is 1.35 bits per heavy atom. The summed E-state index contributed by atoms with van der Waals surface area (Å²) in [7, 11) is 1.60. The fourth-order valence-electron chi connectivity index (χ4n) is 2.87. The normalized spacial score (nSPS) is 10.8. The lowest BCUT2D eigenvalue weighted by atomic mass is 9.98. The van der Waals surface area contributed by atoms with Crippen LogP contribution in [-0.4, -0.2) is 7.11 Å². The molecule has 0 N–H and O–H groups in total. The highest BCUT2D eigenvalue weighted by molar-refractivity contribution is 5.65. The Bertz CT molecular complexity index is 894. The first-order valence-corrected chi connectivity index (χ1v) is 8.35. The molecule has 0 fully saturated rings. The molecule has 0 radical (unpaired) electrons. The molecule has 1 nitrogen and oxygen atoms in total. The van der Waals surface area contributed by atoms with Gasteiger partial charge >= 0.3 is 0 Å². The number of hydrogen-bond donors (Lipinski definition) is 0. The first-order chi connectivity index (χ1) is 12.5. The average Bonchev–Trinajstić information content (AvgIpc) is 2.63. The van der Waals surface area contributed by atoms with Crippen molar-refractivity contribution in [2.75, 3.05) is 7.11 Å². The second-order valence-corrected chi connectivity index (χ2v) is 6.25. The molecule has 134 valence electrons. The zero-order chi connectivity index (χ0) is 18.7. The van der Waals surface area contributed by atoms with E-state index in [9.17, 15) is 13.2 Å². The topological polar surface area (TPSA) is 9.23 Å². The monoisotopic (exact) mass is 356 g/mol. The van der Waals surface area contributed by atoms with E-state index in [4.69, 9.17) is 4.74 Å². The molecule has 0 aliphatic heterocycles. The van der Waals surface area contributed by atoms with E-state index in [-0.39, 0.29) is 11.1 Å². The van der Waals surface area contributed by atoms with Gasteiger partial charge in [-0.2, -0.15) is 0 Å². The van der Waals surface area contributed by atoms with Crippen LogP contribution in [0.15, 0.2) is 54.6 Å². The molecule has 3 aromatic carbocycles. The highest BCUT2D eigenvalue weighted by Gasteiger charge is 2.14. The molecular formula is C22H19F3O. The average molecular weight is 356 g/mol. The van der Waals surface area contributed by atoms with Gasteiger partial charge in [0.2, 0.25) is 0 Å². The zero-order valence-electron chi connectivity index (χ0n) is 14.7. The predicted molar refractivity (Wildman–Crippen MR) is 96.9 cm³/mol. The van der Waals surface area contributed by atoms with E-state index in [0.717, 1.165) is 17.4 Å². The Kier molecular flexibility index (Phi) is 5.31. The van der Waals surface area contributed by atoms with Crippen molar-refractivity contribution >= 4 is 0 Å². The van der Waals surface area contributed by atoms with Crippen molar-refractivity contribution in [1.29, 1.82) is 0 Å². The summed E-state index contributed by atoms with van der Waals surface area (Å²) in [6, 6.07) is 14.4. The van der Waals surface area contributed by atoms with Crippen molar-refractivity contribution < 1.29 is 17.9 Å². The van der Waals surface area contributed by atoms with E-state index in [1.54, 1.807) is 14.0 Å². The van der Waals surface area contributed by atoms with Crippen LogP contribution >= 0.6 is 0 Å². The lowest BCUT2D eigenvalue weighted by Gasteiger charge is -2.10. The third-order valence-electron chi connectivity index (χ3n) is 4.42. The maximum absolute atomic E-state index is 14.5. The molecule has 0 unspecified atom stereocenters. The smallest absolute Gasteiger partial charge is 0.134 e. The maximum atomic E-state index is 14.5. The number of aryl methyl sites for hydroxylation is 3. The van der Waals surface area contributed by atoms with Crippen molar-refractivity contribution in [2.45, 2.75) is 19.8 Å². The molecule has 0 aromatic heterocycles. The van der Waals surface area contributed by atoms with Gasteiger partial charge in [-0.25, -0.2) is 13.2 Å². The van der Waals surface area contributed by atoms with Crippen LogP contribution in [0.5, 0.6) is 5.75 Å². The minimum Gasteiger partial charge on any atom is -0.497 e. The Balaban J connectivity index is 1.81. The zero-order valence-corrected chi connectivity index (χ0v) is 14.7. The fraction of sp³-hybridized carbons (Fsp3) is 0.182. The van der Waals surface area contributed by atoms with Crippen molar-refractivity contribution in [1.82, 2.24) is 0 Å². The molecule has 3 rings (SSSR count). The van der Waals surface area contributed by atoms with E-state index in [0.29, 0.717) is 24.0 Å². The summed E-state index contributed by atoms with van der Waals surface area (Å²) < 4.78 is 47.8. The molecule has 0 aliphatic rings. The molecule has 0 bridgehead atoms. The van der Waals surface area contributed by atoms with Crippen LogP contribution in [0.1, 0.15) is 16.7 Å². The van der Waals surface area contributed by atoms with Gasteiger partial charge < -0.3 is 4.74 Å². The van der Waals surface area contributed by atoms with E-state index in [1.165, 1.54) is 24.3 Å². The molecule has 0 heterocycles. The lowest BCUT2D eigenvalue weighted by molar-refractivity contribution is 0.414. The van der Waals surface area contributed by atoms with E-state index in [1.807, 2.05) is 24.3 Å². The summed E-state index contributed by atoms with van der Waals surface area (Å²) >= 11 is 0. The third-order valence-corrected chi connectivity index (χ3v) is 4.42. The Morgan fingerprint density at radius 3 is 1.92 bits per heavy atom. The minimum atomic E-state index is -0.682. The molecule has 0 amide bonds. The summed E-state index contributed by atoms with van der Waals surface area (Å²) in [5, 5.41) is 0. The number of hydrogen-bond acceptors (Lipinski definition) is 1. The Labute approximate surface area is 151 Å². The predicted octanol–water partition coefficient (Wildman–Crippen LogP) is 5.87. The van der Waals surface area contributed by atoms with Crippen LogP contribution in [0, 0.1) is 24.4 Å². The quantitative estimate of drug-likeness (QED) is 0.555. The second kappa shape index (κ2) is 7.65. The van der Waals surface area contributed by atoms with Gasteiger partial charge in [-0.15, -0.1) is 0 Å². The molecule has 0 atom stereocenters. The van der Waals surface area contributed by atoms with Crippen LogP contribution in [0.3, 0.4) is 0 Å². The standard InChI is InChI=1S/C22H19F3O/c1-14-3-8-17(13-19(14)23)22-20(24)11-16(12-21(22)25)5-4-15-6-9-18(26-2)10-7-15/h3,6-13H,4-5H2,1-2H3. The maximum Gasteiger partial charge on any atom is 0.134 e. The van der Waals surface area contributed by atoms with Crippen LogP contribution in [-0.2, 0) is 12.8 Å². The van der Waals surface area contributed by atoms with Gasteiger partial charge in [0.1, 0.15) is 23.2 Å². The molecule has 3 aromatic rings. The molecule has 0 spiro atoms. The molecular weight excluding hydrogens is 337 g/mol. The highest BCUT2D eigenvalue weighted by Crippen LogP contribution is 2.29. The number of benzene rings is 3. The van der Waals surface area contributed by atoms with Crippen LogP contribution in [0.4, 0.5) is 13.2 Å². The number of methoxy groups -OCH3 is 1. The van der Waals surface area contributed by atoms with Crippen molar-refractivity contribution in [2.24, 2.45) is 0 Å². The largest absolute Gasteiger partial charge is 0.497 e. The molecule has 0 aliphatic carbocycles. The van der Waals surface area contributed by atoms with Gasteiger partial charge in [-0.3, -0.25) is 0 Å². The first kappa shape index (κ1) is 18.1. The summed E-state index contributed by atoms with van der Waals surface area (Å²) in [6.45, 7) is 1.61. The first-order valence-electron chi connectivity index (χ1n) is 8.35. The van der Waals surface area contributed by atoms with Gasteiger partial charge in [0.15, 0.2) is 0 Å². The van der Waals surface area contributed by atoms with Crippen LogP contribution in [0.25, 0.3) is 11.1 Å². The fourth-order valence-corrected chi connectivity index (χ4v) is 2.87. The molecule has 4 heteroatoms. The van der Waals surface area contributed by atoms with Crippen molar-refractivity contribution in [3.8, 4) is 16.9 Å². The number of rotatable bonds is 5. The summed E-state index contributed by atoms with van der Waals surface area (Å²) in [5.41, 5.74) is 2.05. The second-order valence-electron chi connectivity index (χ2n) is 6.25. The van der Waals surface area contributed by atoms with Gasteiger partial charge in [0.25, 0.3) is 0 Å². The molecule has 26 heavy (non-hydrogen) atoms. The number of ether oxygens (including phenoxy) is 1. The van der Waals surface area contributed by atoms with Crippen LogP contribution < -0.4 is 4.74 Å². The van der Waals surface area contributed by atoms with Gasteiger partial charge in [0, 0.05) is 0 Å². The van der Waals surface area contributed by atoms with Crippen molar-refractivity contribution in [3.05, 3.63) is 88.7 Å². The van der Waals surface area contributed by atoms with E-state index < -0.39 is 17.5 Å². The lowest BCUT2D eigenvalue weighted by Crippen LogP contribution is -1.98. The van der Waals surface area contributed by atoms with Gasteiger partial charge in [0.05, 0.1) is 12.7 Å². The van der Waals surface area contributed by atoms with Crippen molar-refractivity contribution in [3.63, 3.8) is 0 Å². The van der Waals surface area contributed by atoms with Gasteiger partial charge in [-0.1, -0.05) is 24.3 Å². The van der Waals surface area contributed by atoms with E-state index in [2.05, 4.69) is 0 Å². The van der Waals surface area contributed by atoms with E-state index >= 15 is 0 Å². The highest BCUT2D eigenvalue weighted by atomic mass is 19.1.